The minimum absolute atomic E-state index is 0.00634. The molecule has 0 aliphatic heterocycles. The summed E-state index contributed by atoms with van der Waals surface area (Å²) in [4.78, 5) is 14.4. The van der Waals surface area contributed by atoms with Crippen molar-refractivity contribution in [2.45, 2.75) is 13.3 Å². The summed E-state index contributed by atoms with van der Waals surface area (Å²) < 4.78 is 28.2. The van der Waals surface area contributed by atoms with E-state index in [1.807, 2.05) is 0 Å². The van der Waals surface area contributed by atoms with Crippen LogP contribution < -0.4 is 10.5 Å². The number of amides is 1. The fourth-order valence-corrected chi connectivity index (χ4v) is 0.835. The van der Waals surface area contributed by atoms with Gasteiger partial charge < -0.3 is 10.5 Å². The molecule has 0 aliphatic carbocycles. The number of carbonyl (C=O) groups excluding carboxylic acids is 1. The lowest BCUT2D eigenvalue weighted by Crippen LogP contribution is -2.16. The average Bonchev–Trinajstić information content (AvgIpc) is 2.27. The molecule has 5 nitrogen and oxygen atoms in total. The number of ether oxygens (including phenoxy) is 1. The van der Waals surface area contributed by atoms with E-state index in [0.29, 0.717) is 0 Å². The van der Waals surface area contributed by atoms with Gasteiger partial charge >= 0.3 is 0 Å². The molecule has 1 aromatic rings. The van der Waals surface area contributed by atoms with Gasteiger partial charge in [0.2, 0.25) is 5.88 Å². The van der Waals surface area contributed by atoms with Crippen LogP contribution in [0.2, 0.25) is 0 Å². The maximum atomic E-state index is 11.8. The van der Waals surface area contributed by atoms with Gasteiger partial charge in [0.15, 0.2) is 6.61 Å². The fourth-order valence-electron chi connectivity index (χ4n) is 0.835. The first-order chi connectivity index (χ1) is 8.02. The van der Waals surface area contributed by atoms with Crippen molar-refractivity contribution in [3.05, 3.63) is 23.9 Å². The first kappa shape index (κ1) is 14.8. The van der Waals surface area contributed by atoms with Gasteiger partial charge in [0, 0.05) is 13.1 Å². The molecule has 1 rings (SSSR count). The van der Waals surface area contributed by atoms with Gasteiger partial charge in [0.05, 0.1) is 6.07 Å². The van der Waals surface area contributed by atoms with Crippen LogP contribution >= 0.6 is 0 Å². The Labute approximate surface area is 96.8 Å². The van der Waals surface area contributed by atoms with Gasteiger partial charge in [0.25, 0.3) is 12.3 Å². The number of halogens is 2. The zero-order chi connectivity index (χ0) is 13.3. The Kier molecular flexibility index (Phi) is 6.94. The number of nitrogens with zero attached hydrogens (tertiary/aromatic N) is 2. The SMILES string of the molecule is CC#N.NC(=O)c1cccnc1OCC(F)F. The molecule has 0 atom stereocenters. The van der Waals surface area contributed by atoms with Gasteiger partial charge in [-0.05, 0) is 12.1 Å². The third-order valence-electron chi connectivity index (χ3n) is 1.38. The van der Waals surface area contributed by atoms with Gasteiger partial charge in [-0.1, -0.05) is 0 Å². The average molecular weight is 243 g/mol. The number of carbonyl (C=O) groups is 1. The Balaban J connectivity index is 0.000000770. The van der Waals surface area contributed by atoms with Crippen LogP contribution in [0.25, 0.3) is 0 Å². The van der Waals surface area contributed by atoms with E-state index in [4.69, 9.17) is 11.0 Å². The maximum Gasteiger partial charge on any atom is 0.272 e. The molecule has 0 unspecified atom stereocenters. The van der Waals surface area contributed by atoms with E-state index in [0.717, 1.165) is 0 Å². The first-order valence-electron chi connectivity index (χ1n) is 4.49. The van der Waals surface area contributed by atoms with Crippen molar-refractivity contribution in [2.24, 2.45) is 5.73 Å². The molecule has 0 bridgehead atoms. The minimum atomic E-state index is -2.61. The van der Waals surface area contributed by atoms with E-state index in [2.05, 4.69) is 9.72 Å². The van der Waals surface area contributed by atoms with E-state index in [1.165, 1.54) is 25.3 Å². The van der Waals surface area contributed by atoms with E-state index in [1.54, 1.807) is 6.07 Å². The predicted molar refractivity (Wildman–Crippen MR) is 55.5 cm³/mol. The van der Waals surface area contributed by atoms with E-state index < -0.39 is 18.9 Å². The van der Waals surface area contributed by atoms with Crippen molar-refractivity contribution < 1.29 is 18.3 Å². The van der Waals surface area contributed by atoms with Gasteiger partial charge in [-0.25, -0.2) is 13.8 Å². The molecule has 0 aliphatic rings. The van der Waals surface area contributed by atoms with Crippen molar-refractivity contribution in [1.29, 1.82) is 5.26 Å². The van der Waals surface area contributed by atoms with Crippen LogP contribution in [0.3, 0.4) is 0 Å². The molecule has 7 heteroatoms. The highest BCUT2D eigenvalue weighted by molar-refractivity contribution is 5.94. The van der Waals surface area contributed by atoms with Crippen molar-refractivity contribution in [3.8, 4) is 11.9 Å². The summed E-state index contributed by atoms with van der Waals surface area (Å²) in [5.41, 5.74) is 4.97. The molecular formula is C10H11F2N3O2. The van der Waals surface area contributed by atoms with Crippen LogP contribution in [0.1, 0.15) is 17.3 Å². The quantitative estimate of drug-likeness (QED) is 0.864. The van der Waals surface area contributed by atoms with E-state index in [-0.39, 0.29) is 11.4 Å². The number of aromatic nitrogens is 1. The van der Waals surface area contributed by atoms with Crippen molar-refractivity contribution in [1.82, 2.24) is 4.98 Å². The van der Waals surface area contributed by atoms with Crippen molar-refractivity contribution >= 4 is 5.91 Å². The third-order valence-corrected chi connectivity index (χ3v) is 1.38. The summed E-state index contributed by atoms with van der Waals surface area (Å²) in [6, 6.07) is 4.57. The lowest BCUT2D eigenvalue weighted by Gasteiger charge is -2.06. The summed E-state index contributed by atoms with van der Waals surface area (Å²) >= 11 is 0. The van der Waals surface area contributed by atoms with Crippen molar-refractivity contribution in [2.75, 3.05) is 6.61 Å². The highest BCUT2D eigenvalue weighted by atomic mass is 19.3. The van der Waals surface area contributed by atoms with Crippen molar-refractivity contribution in [3.63, 3.8) is 0 Å². The summed E-state index contributed by atoms with van der Waals surface area (Å²) in [5, 5.41) is 7.32. The molecule has 17 heavy (non-hydrogen) atoms. The van der Waals surface area contributed by atoms with Crippen LogP contribution in [0.4, 0.5) is 8.78 Å². The number of primary amides is 1. The number of nitriles is 1. The smallest absolute Gasteiger partial charge is 0.272 e. The van der Waals surface area contributed by atoms with Crippen LogP contribution in [0.15, 0.2) is 18.3 Å². The number of alkyl halides is 2. The van der Waals surface area contributed by atoms with E-state index in [9.17, 15) is 13.6 Å². The van der Waals surface area contributed by atoms with Crippen LogP contribution in [-0.4, -0.2) is 23.9 Å². The molecule has 1 heterocycles. The molecular weight excluding hydrogens is 232 g/mol. The standard InChI is InChI=1S/C8H8F2N2O2.C2H3N/c9-6(10)4-14-8-5(7(11)13)2-1-3-12-8;1-2-3/h1-3,6H,4H2,(H2,11,13);1H3. The minimum Gasteiger partial charge on any atom is -0.471 e. The predicted octanol–water partition coefficient (Wildman–Crippen LogP) is 1.35. The lowest BCUT2D eigenvalue weighted by atomic mass is 10.2. The molecule has 92 valence electrons. The molecule has 0 fully saturated rings. The third kappa shape index (κ3) is 6.04. The highest BCUT2D eigenvalue weighted by Gasteiger charge is 2.11. The van der Waals surface area contributed by atoms with Crippen LogP contribution in [0.5, 0.6) is 5.88 Å². The Morgan fingerprint density at radius 2 is 2.29 bits per heavy atom. The van der Waals surface area contributed by atoms with Crippen LogP contribution in [-0.2, 0) is 0 Å². The zero-order valence-electron chi connectivity index (χ0n) is 9.06. The second-order valence-corrected chi connectivity index (χ2v) is 2.65. The topological polar surface area (TPSA) is 89.0 Å². The van der Waals surface area contributed by atoms with Gasteiger partial charge in [-0.15, -0.1) is 0 Å². The number of nitrogens with two attached hydrogens (primary N) is 1. The molecule has 0 saturated carbocycles. The zero-order valence-corrected chi connectivity index (χ0v) is 9.06. The summed E-state index contributed by atoms with van der Waals surface area (Å²) in [7, 11) is 0. The van der Waals surface area contributed by atoms with Gasteiger partial charge in [-0.2, -0.15) is 5.26 Å². The molecule has 0 aromatic carbocycles. The molecule has 0 radical (unpaired) electrons. The molecule has 1 aromatic heterocycles. The van der Waals surface area contributed by atoms with Gasteiger partial charge in [-0.3, -0.25) is 4.79 Å². The fraction of sp³-hybridized carbons (Fsp3) is 0.300. The normalized spacial score (nSPS) is 8.88. The van der Waals surface area contributed by atoms with Gasteiger partial charge in [0.1, 0.15) is 5.56 Å². The summed E-state index contributed by atoms with van der Waals surface area (Å²) in [6.07, 6.45) is -1.29. The Morgan fingerprint density at radius 3 is 2.76 bits per heavy atom. The Bertz CT molecular complexity index is 405. The lowest BCUT2D eigenvalue weighted by molar-refractivity contribution is 0.0778. The summed E-state index contributed by atoms with van der Waals surface area (Å²) in [6.45, 7) is 0.622. The second-order valence-electron chi connectivity index (χ2n) is 2.65. The van der Waals surface area contributed by atoms with E-state index >= 15 is 0 Å². The molecule has 0 spiro atoms. The number of hydrogen-bond donors (Lipinski definition) is 1. The molecule has 0 saturated heterocycles. The number of hydrogen-bond acceptors (Lipinski definition) is 4. The Morgan fingerprint density at radius 1 is 1.71 bits per heavy atom. The summed E-state index contributed by atoms with van der Waals surface area (Å²) in [5.74, 6) is -0.928. The monoisotopic (exact) mass is 243 g/mol. The number of pyridine rings is 1. The second kappa shape index (κ2) is 7.98. The highest BCUT2D eigenvalue weighted by Crippen LogP contribution is 2.13. The largest absolute Gasteiger partial charge is 0.471 e. The molecule has 2 N–H and O–H groups in total. The van der Waals surface area contributed by atoms with Crippen LogP contribution in [0, 0.1) is 11.3 Å². The first-order valence-corrected chi connectivity index (χ1v) is 4.49. The number of rotatable bonds is 4. The maximum absolute atomic E-state index is 11.8. The Hall–Kier alpha value is -2.23. The molecule has 1 amide bonds.